The van der Waals surface area contributed by atoms with E-state index in [0.29, 0.717) is 37.4 Å². The standard InChI is InChI=1S/C19H23FN4O2/c1-22-7-6-17(23-9-11-26-12-10-23)21-18(22)13-19(25)24-8-5-14-15(20)3-2-4-16(14)24/h2-4,6-7,18H,5,8-13H2,1H3. The summed E-state index contributed by atoms with van der Waals surface area (Å²) in [5.74, 6) is 0.645. The van der Waals surface area contributed by atoms with E-state index in [1.54, 1.807) is 11.0 Å². The lowest BCUT2D eigenvalue weighted by atomic mass is 10.1. The first-order valence-corrected chi connectivity index (χ1v) is 9.02. The first-order chi connectivity index (χ1) is 12.6. The van der Waals surface area contributed by atoms with Crippen molar-refractivity contribution in [3.63, 3.8) is 0 Å². The van der Waals surface area contributed by atoms with Crippen molar-refractivity contribution in [2.75, 3.05) is 44.8 Å². The van der Waals surface area contributed by atoms with Gasteiger partial charge in [-0.25, -0.2) is 9.38 Å². The molecule has 3 heterocycles. The van der Waals surface area contributed by atoms with Crippen molar-refractivity contribution in [1.82, 2.24) is 9.80 Å². The number of hydrogen-bond acceptors (Lipinski definition) is 5. The number of aliphatic imine (C=N–C) groups is 1. The number of rotatable bonds is 2. The Kier molecular flexibility index (Phi) is 4.63. The van der Waals surface area contributed by atoms with E-state index in [-0.39, 0.29) is 24.3 Å². The highest BCUT2D eigenvalue weighted by atomic mass is 19.1. The van der Waals surface area contributed by atoms with E-state index < -0.39 is 0 Å². The predicted octanol–water partition coefficient (Wildman–Crippen LogP) is 1.62. The first kappa shape index (κ1) is 17.0. The molecular weight excluding hydrogens is 335 g/mol. The summed E-state index contributed by atoms with van der Waals surface area (Å²) in [5.41, 5.74) is 1.33. The molecule has 138 valence electrons. The second-order valence-electron chi connectivity index (χ2n) is 6.79. The van der Waals surface area contributed by atoms with Gasteiger partial charge in [-0.3, -0.25) is 4.79 Å². The Bertz CT molecular complexity index is 758. The number of amides is 1. The molecule has 7 heteroatoms. The molecule has 6 nitrogen and oxygen atoms in total. The second-order valence-corrected chi connectivity index (χ2v) is 6.79. The maximum atomic E-state index is 13.9. The average Bonchev–Trinajstić information content (AvgIpc) is 3.10. The highest BCUT2D eigenvalue weighted by Crippen LogP contribution is 2.31. The first-order valence-electron chi connectivity index (χ1n) is 9.02. The molecule has 3 aliphatic rings. The van der Waals surface area contributed by atoms with Crippen molar-refractivity contribution in [2.45, 2.75) is 19.0 Å². The Morgan fingerprint density at radius 2 is 2.12 bits per heavy atom. The largest absolute Gasteiger partial charge is 0.378 e. The number of nitrogens with zero attached hydrogens (tertiary/aromatic N) is 4. The third kappa shape index (κ3) is 3.19. The average molecular weight is 358 g/mol. The van der Waals surface area contributed by atoms with Crippen LogP contribution in [-0.4, -0.2) is 67.6 Å². The molecule has 4 rings (SSSR count). The van der Waals surface area contributed by atoms with Crippen molar-refractivity contribution in [3.8, 4) is 0 Å². The fourth-order valence-electron chi connectivity index (χ4n) is 3.66. The molecule has 1 fully saturated rings. The zero-order chi connectivity index (χ0) is 18.1. The molecule has 1 aromatic rings. The minimum absolute atomic E-state index is 0.0217. The van der Waals surface area contributed by atoms with E-state index in [4.69, 9.17) is 9.73 Å². The Morgan fingerprint density at radius 1 is 1.31 bits per heavy atom. The highest BCUT2D eigenvalue weighted by molar-refractivity contribution is 5.97. The number of anilines is 1. The van der Waals surface area contributed by atoms with E-state index >= 15 is 0 Å². The zero-order valence-electron chi connectivity index (χ0n) is 14.9. The van der Waals surface area contributed by atoms with E-state index in [1.807, 2.05) is 30.3 Å². The number of amidine groups is 1. The number of fused-ring (bicyclic) bond motifs is 1. The van der Waals surface area contributed by atoms with Gasteiger partial charge in [0, 0.05) is 44.1 Å². The molecule has 1 amide bonds. The quantitative estimate of drug-likeness (QED) is 0.806. The van der Waals surface area contributed by atoms with Gasteiger partial charge in [0.05, 0.1) is 19.6 Å². The molecule has 1 unspecified atom stereocenters. The van der Waals surface area contributed by atoms with Gasteiger partial charge in [0.15, 0.2) is 0 Å². The summed E-state index contributed by atoms with van der Waals surface area (Å²) in [5, 5.41) is 0. The van der Waals surface area contributed by atoms with Crippen LogP contribution in [-0.2, 0) is 16.0 Å². The van der Waals surface area contributed by atoms with Crippen molar-refractivity contribution in [3.05, 3.63) is 41.9 Å². The Hall–Kier alpha value is -2.41. The van der Waals surface area contributed by atoms with Gasteiger partial charge in [0.25, 0.3) is 0 Å². The van der Waals surface area contributed by atoms with Crippen LogP contribution in [0.1, 0.15) is 12.0 Å². The van der Waals surface area contributed by atoms with Crippen molar-refractivity contribution in [2.24, 2.45) is 4.99 Å². The van der Waals surface area contributed by atoms with E-state index in [9.17, 15) is 9.18 Å². The molecule has 1 aromatic carbocycles. The fourth-order valence-corrected chi connectivity index (χ4v) is 3.66. The van der Waals surface area contributed by atoms with Gasteiger partial charge in [-0.1, -0.05) is 6.07 Å². The molecule has 0 N–H and O–H groups in total. The monoisotopic (exact) mass is 358 g/mol. The second kappa shape index (κ2) is 7.07. The zero-order valence-corrected chi connectivity index (χ0v) is 14.9. The molecule has 3 aliphatic heterocycles. The Labute approximate surface area is 152 Å². The number of halogens is 1. The summed E-state index contributed by atoms with van der Waals surface area (Å²) in [6.07, 6.45) is 4.53. The van der Waals surface area contributed by atoms with Crippen molar-refractivity contribution < 1.29 is 13.9 Å². The lowest BCUT2D eigenvalue weighted by Crippen LogP contribution is -2.44. The van der Waals surface area contributed by atoms with Crippen LogP contribution in [0.3, 0.4) is 0 Å². The van der Waals surface area contributed by atoms with E-state index in [1.165, 1.54) is 6.07 Å². The molecule has 0 saturated carbocycles. The number of carbonyl (C=O) groups excluding carboxylic acids is 1. The van der Waals surface area contributed by atoms with Gasteiger partial charge in [-0.2, -0.15) is 0 Å². The van der Waals surface area contributed by atoms with Gasteiger partial charge in [0.1, 0.15) is 17.8 Å². The summed E-state index contributed by atoms with van der Waals surface area (Å²) in [6.45, 7) is 3.55. The summed E-state index contributed by atoms with van der Waals surface area (Å²) >= 11 is 0. The molecule has 1 saturated heterocycles. The molecule has 0 aliphatic carbocycles. The Morgan fingerprint density at radius 3 is 2.92 bits per heavy atom. The van der Waals surface area contributed by atoms with Gasteiger partial charge < -0.3 is 19.4 Å². The molecular formula is C19H23FN4O2. The number of carbonyl (C=O) groups is 1. The molecule has 0 bridgehead atoms. The van der Waals surface area contributed by atoms with Crippen molar-refractivity contribution >= 4 is 17.4 Å². The van der Waals surface area contributed by atoms with Crippen LogP contribution < -0.4 is 4.90 Å². The smallest absolute Gasteiger partial charge is 0.231 e. The normalized spacial score (nSPS) is 22.5. The maximum Gasteiger partial charge on any atom is 0.231 e. The minimum Gasteiger partial charge on any atom is -0.378 e. The summed E-state index contributed by atoms with van der Waals surface area (Å²) in [6, 6.07) is 4.92. The van der Waals surface area contributed by atoms with Crippen LogP contribution in [0.5, 0.6) is 0 Å². The molecule has 0 spiro atoms. The summed E-state index contributed by atoms with van der Waals surface area (Å²) in [7, 11) is 1.92. The van der Waals surface area contributed by atoms with Gasteiger partial charge in [-0.05, 0) is 24.6 Å². The molecule has 0 radical (unpaired) electrons. The molecule has 1 atom stereocenters. The maximum absolute atomic E-state index is 13.9. The van der Waals surface area contributed by atoms with Crippen LogP contribution in [0.15, 0.2) is 35.5 Å². The molecule has 0 aromatic heterocycles. The molecule has 26 heavy (non-hydrogen) atoms. The lowest BCUT2D eigenvalue weighted by Gasteiger charge is -2.34. The van der Waals surface area contributed by atoms with Gasteiger partial charge >= 0.3 is 0 Å². The number of ether oxygens (including phenoxy) is 1. The number of morpholine rings is 1. The fraction of sp³-hybridized carbons (Fsp3) is 0.474. The van der Waals surface area contributed by atoms with Crippen LogP contribution in [0.25, 0.3) is 0 Å². The SMILES string of the molecule is CN1C=CC(N2CCOCC2)=NC1CC(=O)N1CCc2c(F)cccc21. The topological polar surface area (TPSA) is 48.4 Å². The third-order valence-corrected chi connectivity index (χ3v) is 5.17. The number of benzene rings is 1. The summed E-state index contributed by atoms with van der Waals surface area (Å²) in [4.78, 5) is 23.5. The third-order valence-electron chi connectivity index (χ3n) is 5.17. The highest BCUT2D eigenvalue weighted by Gasteiger charge is 2.30. The predicted molar refractivity (Wildman–Crippen MR) is 97.6 cm³/mol. The number of hydrogen-bond donors (Lipinski definition) is 0. The van der Waals surface area contributed by atoms with Crippen molar-refractivity contribution in [1.29, 1.82) is 0 Å². The lowest BCUT2D eigenvalue weighted by molar-refractivity contribution is -0.119. The van der Waals surface area contributed by atoms with Crippen LogP contribution >= 0.6 is 0 Å². The Balaban J connectivity index is 1.48. The van der Waals surface area contributed by atoms with Crippen LogP contribution in [0.2, 0.25) is 0 Å². The minimum atomic E-state index is -0.247. The van der Waals surface area contributed by atoms with Gasteiger partial charge in [-0.15, -0.1) is 0 Å². The van der Waals surface area contributed by atoms with Gasteiger partial charge in [0.2, 0.25) is 5.91 Å². The van der Waals surface area contributed by atoms with E-state index in [0.717, 1.165) is 18.9 Å². The van der Waals surface area contributed by atoms with E-state index in [2.05, 4.69) is 4.90 Å². The van der Waals surface area contributed by atoms with Crippen LogP contribution in [0, 0.1) is 5.82 Å². The van der Waals surface area contributed by atoms with Crippen LogP contribution in [0.4, 0.5) is 10.1 Å². The summed E-state index contributed by atoms with van der Waals surface area (Å²) < 4.78 is 19.3.